The van der Waals surface area contributed by atoms with Crippen molar-refractivity contribution in [3.05, 3.63) is 60.2 Å². The Morgan fingerprint density at radius 3 is 2.59 bits per heavy atom. The number of carbonyl (C=O) groups excluding carboxylic acids is 1. The molecule has 0 aliphatic heterocycles. The molecule has 4 heteroatoms. The van der Waals surface area contributed by atoms with Crippen LogP contribution in [0.5, 0.6) is 5.75 Å². The van der Waals surface area contributed by atoms with Crippen LogP contribution in [0.2, 0.25) is 0 Å². The van der Waals surface area contributed by atoms with Crippen LogP contribution in [0.1, 0.15) is 24.4 Å². The highest BCUT2D eigenvalue weighted by atomic mass is 16.5. The number of amides is 1. The molecule has 22 heavy (non-hydrogen) atoms. The molecule has 1 amide bonds. The summed E-state index contributed by atoms with van der Waals surface area (Å²) in [6.07, 6.45) is 2.27. The maximum Gasteiger partial charge on any atom is 0.246 e. The summed E-state index contributed by atoms with van der Waals surface area (Å²) in [7, 11) is 1.61. The second kappa shape index (κ2) is 6.62. The van der Waals surface area contributed by atoms with E-state index >= 15 is 0 Å². The lowest BCUT2D eigenvalue weighted by Crippen LogP contribution is -2.34. The molecular formula is C18H20N2O2. The molecule has 1 aliphatic rings. The number of nitrogens with one attached hydrogen (secondary N) is 2. The highest BCUT2D eigenvalue weighted by molar-refractivity contribution is 5.95. The smallest absolute Gasteiger partial charge is 0.246 e. The molecular weight excluding hydrogens is 276 g/mol. The number of methoxy groups -OCH3 is 1. The molecule has 2 aromatic rings. The molecule has 0 spiro atoms. The van der Waals surface area contributed by atoms with E-state index in [2.05, 4.69) is 10.6 Å². The molecule has 2 aromatic carbocycles. The first-order chi connectivity index (χ1) is 10.8. The molecule has 0 bridgehead atoms. The Balaban J connectivity index is 1.76. The molecule has 0 aromatic heterocycles. The van der Waals surface area contributed by atoms with Crippen LogP contribution in [0.3, 0.4) is 0 Å². The third-order valence-electron chi connectivity index (χ3n) is 3.71. The molecule has 1 aliphatic carbocycles. The number of anilines is 1. The first-order valence-electron chi connectivity index (χ1n) is 7.52. The van der Waals surface area contributed by atoms with E-state index in [1.807, 2.05) is 54.6 Å². The zero-order chi connectivity index (χ0) is 15.4. The molecule has 3 rings (SSSR count). The van der Waals surface area contributed by atoms with Crippen LogP contribution in [0, 0.1) is 0 Å². The topological polar surface area (TPSA) is 50.4 Å². The lowest BCUT2D eigenvalue weighted by atomic mass is 10.1. The minimum Gasteiger partial charge on any atom is -0.497 e. The van der Waals surface area contributed by atoms with Crippen LogP contribution >= 0.6 is 0 Å². The van der Waals surface area contributed by atoms with Gasteiger partial charge in [0.1, 0.15) is 11.8 Å². The maximum absolute atomic E-state index is 12.7. The average molecular weight is 296 g/mol. The second-order valence-electron chi connectivity index (χ2n) is 5.51. The van der Waals surface area contributed by atoms with E-state index in [1.165, 1.54) is 0 Å². The maximum atomic E-state index is 12.7. The first-order valence-corrected chi connectivity index (χ1v) is 7.52. The standard InChI is InChI=1S/C18H20N2O2/c1-22-16-9-5-8-15(12-16)20-18(21)17(19-14-10-11-14)13-6-3-2-4-7-13/h2-9,12,14,17,19H,10-11H2,1H3,(H,20,21)/t17-/m1/s1. The molecule has 4 nitrogen and oxygen atoms in total. The fraction of sp³-hybridized carbons (Fsp3) is 0.278. The lowest BCUT2D eigenvalue weighted by Gasteiger charge is -2.19. The molecule has 1 atom stereocenters. The largest absolute Gasteiger partial charge is 0.497 e. The molecule has 114 valence electrons. The van der Waals surface area contributed by atoms with Gasteiger partial charge in [0.15, 0.2) is 0 Å². The van der Waals surface area contributed by atoms with Gasteiger partial charge in [0.05, 0.1) is 7.11 Å². The van der Waals surface area contributed by atoms with Gasteiger partial charge in [-0.1, -0.05) is 36.4 Å². The van der Waals surface area contributed by atoms with E-state index in [0.717, 1.165) is 29.8 Å². The summed E-state index contributed by atoms with van der Waals surface area (Å²) < 4.78 is 5.19. The van der Waals surface area contributed by atoms with Crippen LogP contribution in [0.25, 0.3) is 0 Å². The Hall–Kier alpha value is -2.33. The van der Waals surface area contributed by atoms with Crippen LogP contribution in [-0.2, 0) is 4.79 Å². The summed E-state index contributed by atoms with van der Waals surface area (Å²) in [6, 6.07) is 17.3. The van der Waals surface area contributed by atoms with Crippen molar-refractivity contribution in [1.82, 2.24) is 5.32 Å². The highest BCUT2D eigenvalue weighted by Gasteiger charge is 2.29. The Morgan fingerprint density at radius 1 is 1.14 bits per heavy atom. The van der Waals surface area contributed by atoms with Crippen molar-refractivity contribution in [3.8, 4) is 5.75 Å². The van der Waals surface area contributed by atoms with Gasteiger partial charge in [-0.25, -0.2) is 0 Å². The van der Waals surface area contributed by atoms with Crippen molar-refractivity contribution in [2.24, 2.45) is 0 Å². The average Bonchev–Trinajstić information content (AvgIpc) is 3.37. The summed E-state index contributed by atoms with van der Waals surface area (Å²) in [5.74, 6) is 0.676. The molecule has 0 unspecified atom stereocenters. The summed E-state index contributed by atoms with van der Waals surface area (Å²) in [4.78, 5) is 12.7. The van der Waals surface area contributed by atoms with E-state index < -0.39 is 0 Å². The predicted molar refractivity (Wildman–Crippen MR) is 87.0 cm³/mol. The summed E-state index contributed by atoms with van der Waals surface area (Å²) in [5.41, 5.74) is 1.72. The van der Waals surface area contributed by atoms with Gasteiger partial charge in [-0.05, 0) is 30.5 Å². The fourth-order valence-corrected chi connectivity index (χ4v) is 2.37. The third-order valence-corrected chi connectivity index (χ3v) is 3.71. The van der Waals surface area contributed by atoms with Gasteiger partial charge in [0.25, 0.3) is 0 Å². The van der Waals surface area contributed by atoms with Gasteiger partial charge in [-0.3, -0.25) is 10.1 Å². The summed E-state index contributed by atoms with van der Waals surface area (Å²) in [5, 5.41) is 6.38. The molecule has 0 radical (unpaired) electrons. The Morgan fingerprint density at radius 2 is 1.91 bits per heavy atom. The molecule has 1 fully saturated rings. The number of rotatable bonds is 6. The van der Waals surface area contributed by atoms with E-state index in [4.69, 9.17) is 4.74 Å². The molecule has 0 saturated heterocycles. The highest BCUT2D eigenvalue weighted by Crippen LogP contribution is 2.25. The van der Waals surface area contributed by atoms with Crippen LogP contribution in [0.15, 0.2) is 54.6 Å². The first kappa shape index (κ1) is 14.6. The van der Waals surface area contributed by atoms with Crippen LogP contribution in [0.4, 0.5) is 5.69 Å². The second-order valence-corrected chi connectivity index (χ2v) is 5.51. The number of ether oxygens (including phenoxy) is 1. The third kappa shape index (κ3) is 3.65. The van der Waals surface area contributed by atoms with Crippen molar-refractivity contribution in [2.45, 2.75) is 24.9 Å². The zero-order valence-electron chi connectivity index (χ0n) is 12.6. The number of carbonyl (C=O) groups is 1. The van der Waals surface area contributed by atoms with E-state index in [1.54, 1.807) is 7.11 Å². The lowest BCUT2D eigenvalue weighted by molar-refractivity contribution is -0.118. The monoisotopic (exact) mass is 296 g/mol. The van der Waals surface area contributed by atoms with Crippen molar-refractivity contribution in [3.63, 3.8) is 0 Å². The molecule has 0 heterocycles. The van der Waals surface area contributed by atoms with E-state index in [9.17, 15) is 4.79 Å². The van der Waals surface area contributed by atoms with Crippen molar-refractivity contribution < 1.29 is 9.53 Å². The van der Waals surface area contributed by atoms with Gasteiger partial charge in [-0.2, -0.15) is 0 Å². The van der Waals surface area contributed by atoms with Crippen molar-refractivity contribution in [2.75, 3.05) is 12.4 Å². The van der Waals surface area contributed by atoms with Crippen molar-refractivity contribution >= 4 is 11.6 Å². The van der Waals surface area contributed by atoms with Crippen LogP contribution < -0.4 is 15.4 Å². The van der Waals surface area contributed by atoms with Crippen molar-refractivity contribution in [1.29, 1.82) is 0 Å². The van der Waals surface area contributed by atoms with Gasteiger partial charge in [-0.15, -0.1) is 0 Å². The Labute approximate surface area is 130 Å². The fourth-order valence-electron chi connectivity index (χ4n) is 2.37. The van der Waals surface area contributed by atoms with Gasteiger partial charge in [0, 0.05) is 17.8 Å². The minimum absolute atomic E-state index is 0.0497. The van der Waals surface area contributed by atoms with Gasteiger partial charge >= 0.3 is 0 Å². The normalized spacial score (nSPS) is 15.1. The zero-order valence-corrected chi connectivity index (χ0v) is 12.6. The predicted octanol–water partition coefficient (Wildman–Crippen LogP) is 3.13. The minimum atomic E-state index is -0.333. The van der Waals surface area contributed by atoms with E-state index in [0.29, 0.717) is 6.04 Å². The Bertz CT molecular complexity index is 639. The van der Waals surface area contributed by atoms with Crippen LogP contribution in [-0.4, -0.2) is 19.1 Å². The summed E-state index contributed by atoms with van der Waals surface area (Å²) in [6.45, 7) is 0. The number of hydrogen-bond acceptors (Lipinski definition) is 3. The molecule has 2 N–H and O–H groups in total. The molecule has 1 saturated carbocycles. The Kier molecular flexibility index (Phi) is 4.39. The quantitative estimate of drug-likeness (QED) is 0.861. The van der Waals surface area contributed by atoms with E-state index in [-0.39, 0.29) is 11.9 Å². The number of benzene rings is 2. The van der Waals surface area contributed by atoms with Gasteiger partial charge in [0.2, 0.25) is 5.91 Å². The van der Waals surface area contributed by atoms with Gasteiger partial charge < -0.3 is 10.1 Å². The SMILES string of the molecule is COc1cccc(NC(=O)[C@H](NC2CC2)c2ccccc2)c1. The summed E-state index contributed by atoms with van der Waals surface area (Å²) >= 11 is 0. The number of hydrogen-bond donors (Lipinski definition) is 2.